The normalized spacial score (nSPS) is 22.8. The summed E-state index contributed by atoms with van der Waals surface area (Å²) in [7, 11) is 3.35. The van der Waals surface area contributed by atoms with Gasteiger partial charge in [0.25, 0.3) is 0 Å². The summed E-state index contributed by atoms with van der Waals surface area (Å²) in [6, 6.07) is 0.0153. The molecule has 2 unspecified atom stereocenters. The van der Waals surface area contributed by atoms with E-state index in [0.717, 1.165) is 0 Å². The molecule has 7 nitrogen and oxygen atoms in total. The maximum Gasteiger partial charge on any atom is 0.239 e. The molecule has 1 rings (SSSR count). The van der Waals surface area contributed by atoms with Gasteiger partial charge in [-0.05, 0) is 7.05 Å². The van der Waals surface area contributed by atoms with E-state index in [1.54, 1.807) is 14.2 Å². The molecule has 2 atom stereocenters. The van der Waals surface area contributed by atoms with Gasteiger partial charge in [0.1, 0.15) is 0 Å². The van der Waals surface area contributed by atoms with Gasteiger partial charge >= 0.3 is 0 Å². The van der Waals surface area contributed by atoms with Crippen molar-refractivity contribution in [3.05, 3.63) is 0 Å². The third kappa shape index (κ3) is 4.59. The van der Waals surface area contributed by atoms with Gasteiger partial charge in [0.2, 0.25) is 11.8 Å². The van der Waals surface area contributed by atoms with Crippen molar-refractivity contribution >= 4 is 11.8 Å². The van der Waals surface area contributed by atoms with E-state index >= 15 is 0 Å². The van der Waals surface area contributed by atoms with Gasteiger partial charge in [-0.1, -0.05) is 0 Å². The molecule has 3 N–H and O–H groups in total. The summed E-state index contributed by atoms with van der Waals surface area (Å²) >= 11 is 0. The number of carbonyl (C=O) groups excluding carboxylic acids is 2. The summed E-state index contributed by atoms with van der Waals surface area (Å²) in [5, 5.41) is 8.25. The lowest BCUT2D eigenvalue weighted by Gasteiger charge is -2.16. The predicted molar refractivity (Wildman–Crippen MR) is 65.1 cm³/mol. The molecule has 0 aliphatic carbocycles. The second kappa shape index (κ2) is 8.02. The summed E-state index contributed by atoms with van der Waals surface area (Å²) in [5.41, 5.74) is 0. The van der Waals surface area contributed by atoms with Gasteiger partial charge in [-0.15, -0.1) is 0 Å². The Bertz CT molecular complexity index is 285. The Labute approximate surface area is 107 Å². The van der Waals surface area contributed by atoms with Gasteiger partial charge in [-0.2, -0.15) is 0 Å². The third-order valence-electron chi connectivity index (χ3n) is 2.84. The lowest BCUT2D eigenvalue weighted by atomic mass is 10.0. The second-order valence-electron chi connectivity index (χ2n) is 4.10. The van der Waals surface area contributed by atoms with Crippen molar-refractivity contribution in [1.29, 1.82) is 0 Å². The molecule has 0 saturated carbocycles. The minimum atomic E-state index is -0.234. The van der Waals surface area contributed by atoms with E-state index in [4.69, 9.17) is 9.47 Å². The molecule has 0 spiro atoms. The molecular weight excluding hydrogens is 238 g/mol. The topological polar surface area (TPSA) is 88.7 Å². The fourth-order valence-electron chi connectivity index (χ4n) is 1.75. The highest BCUT2D eigenvalue weighted by Crippen LogP contribution is 2.12. The highest BCUT2D eigenvalue weighted by atomic mass is 16.5. The van der Waals surface area contributed by atoms with Crippen molar-refractivity contribution in [2.45, 2.75) is 6.04 Å². The Morgan fingerprint density at radius 3 is 2.78 bits per heavy atom. The van der Waals surface area contributed by atoms with E-state index in [-0.39, 0.29) is 30.3 Å². The van der Waals surface area contributed by atoms with Gasteiger partial charge in [-0.25, -0.2) is 0 Å². The van der Waals surface area contributed by atoms with Crippen LogP contribution in [-0.2, 0) is 19.1 Å². The molecule has 0 aromatic heterocycles. The minimum Gasteiger partial charge on any atom is -0.383 e. The average molecular weight is 259 g/mol. The fourth-order valence-corrected chi connectivity index (χ4v) is 1.75. The Balaban J connectivity index is 2.22. The Hall–Kier alpha value is -1.18. The van der Waals surface area contributed by atoms with E-state index in [2.05, 4.69) is 16.0 Å². The fraction of sp³-hybridized carbons (Fsp3) is 0.818. The van der Waals surface area contributed by atoms with Crippen molar-refractivity contribution in [3.8, 4) is 0 Å². The number of nitrogens with one attached hydrogen (secondary N) is 3. The lowest BCUT2D eigenvalue weighted by molar-refractivity contribution is -0.128. The van der Waals surface area contributed by atoms with Crippen LogP contribution in [0.1, 0.15) is 0 Å². The Kier molecular flexibility index (Phi) is 6.63. The smallest absolute Gasteiger partial charge is 0.239 e. The van der Waals surface area contributed by atoms with E-state index in [9.17, 15) is 9.59 Å². The van der Waals surface area contributed by atoms with Crippen LogP contribution in [0.4, 0.5) is 0 Å². The maximum absolute atomic E-state index is 11.8. The third-order valence-corrected chi connectivity index (χ3v) is 2.84. The quantitative estimate of drug-likeness (QED) is 0.465. The predicted octanol–water partition coefficient (Wildman–Crippen LogP) is -1.90. The van der Waals surface area contributed by atoms with Crippen LogP contribution in [0.15, 0.2) is 0 Å². The first kappa shape index (κ1) is 14.9. The molecule has 1 heterocycles. The number of rotatable bonds is 7. The highest BCUT2D eigenvalue weighted by Gasteiger charge is 2.32. The molecule has 1 saturated heterocycles. The van der Waals surface area contributed by atoms with E-state index in [1.807, 2.05) is 0 Å². The summed E-state index contributed by atoms with van der Waals surface area (Å²) in [4.78, 5) is 23.2. The van der Waals surface area contributed by atoms with Crippen LogP contribution >= 0.6 is 0 Å². The number of amides is 2. The number of carbonyl (C=O) groups is 2. The van der Waals surface area contributed by atoms with Crippen molar-refractivity contribution in [2.75, 3.05) is 47.1 Å². The Morgan fingerprint density at radius 1 is 1.33 bits per heavy atom. The van der Waals surface area contributed by atoms with Crippen molar-refractivity contribution in [3.63, 3.8) is 0 Å². The van der Waals surface area contributed by atoms with Gasteiger partial charge in [0.15, 0.2) is 0 Å². The highest BCUT2D eigenvalue weighted by molar-refractivity contribution is 5.86. The number of hydrogen-bond donors (Lipinski definition) is 3. The van der Waals surface area contributed by atoms with E-state index in [1.165, 1.54) is 0 Å². The van der Waals surface area contributed by atoms with Crippen LogP contribution in [0.2, 0.25) is 0 Å². The molecule has 1 aliphatic rings. The first-order valence-corrected chi connectivity index (χ1v) is 5.97. The van der Waals surface area contributed by atoms with E-state index < -0.39 is 0 Å². The molecule has 1 fully saturated rings. The van der Waals surface area contributed by atoms with Crippen molar-refractivity contribution in [1.82, 2.24) is 16.0 Å². The maximum atomic E-state index is 11.8. The van der Waals surface area contributed by atoms with Crippen LogP contribution in [0, 0.1) is 5.92 Å². The summed E-state index contributed by atoms with van der Waals surface area (Å²) in [6.07, 6.45) is 0. The largest absolute Gasteiger partial charge is 0.383 e. The number of methoxy groups -OCH3 is 1. The van der Waals surface area contributed by atoms with Crippen LogP contribution in [-0.4, -0.2) is 64.9 Å². The van der Waals surface area contributed by atoms with Gasteiger partial charge in [0.05, 0.1) is 32.3 Å². The number of ether oxygens (including phenoxy) is 2. The van der Waals surface area contributed by atoms with Crippen LogP contribution in [0.5, 0.6) is 0 Å². The molecule has 2 amide bonds. The molecule has 0 bridgehead atoms. The zero-order valence-electron chi connectivity index (χ0n) is 10.8. The van der Waals surface area contributed by atoms with Gasteiger partial charge < -0.3 is 25.4 Å². The standard InChI is InChI=1S/C11H21N3O4/c1-12-9-7-18-6-8(9)11(16)14-5-10(15)13-3-4-17-2/h8-9,12H,3-7H2,1-2H3,(H,13,15)(H,14,16). The van der Waals surface area contributed by atoms with Gasteiger partial charge in [0, 0.05) is 19.7 Å². The van der Waals surface area contributed by atoms with Crippen molar-refractivity contribution < 1.29 is 19.1 Å². The zero-order chi connectivity index (χ0) is 13.4. The number of likely N-dealkylation sites (N-methyl/N-ethyl adjacent to an activating group) is 1. The second-order valence-corrected chi connectivity index (χ2v) is 4.10. The molecular formula is C11H21N3O4. The molecule has 0 aromatic rings. The molecule has 104 valence electrons. The summed E-state index contributed by atoms with van der Waals surface area (Å²) in [5.74, 6) is -0.615. The van der Waals surface area contributed by atoms with Gasteiger partial charge in [-0.3, -0.25) is 9.59 Å². The molecule has 7 heteroatoms. The Morgan fingerprint density at radius 2 is 2.11 bits per heavy atom. The molecule has 1 aliphatic heterocycles. The average Bonchev–Trinajstić information content (AvgIpc) is 2.84. The SMILES string of the molecule is CNC1COCC1C(=O)NCC(=O)NCCOC. The first-order chi connectivity index (χ1) is 8.69. The monoisotopic (exact) mass is 259 g/mol. The molecule has 0 radical (unpaired) electrons. The summed E-state index contributed by atoms with van der Waals surface area (Å²) in [6.45, 7) is 1.79. The summed E-state index contributed by atoms with van der Waals surface area (Å²) < 4.78 is 10.0. The van der Waals surface area contributed by atoms with Crippen molar-refractivity contribution in [2.24, 2.45) is 5.92 Å². The lowest BCUT2D eigenvalue weighted by Crippen LogP contribution is -2.45. The molecule has 0 aromatic carbocycles. The number of hydrogen-bond acceptors (Lipinski definition) is 5. The zero-order valence-corrected chi connectivity index (χ0v) is 10.8. The molecule has 18 heavy (non-hydrogen) atoms. The minimum absolute atomic E-state index is 0.0153. The van der Waals surface area contributed by atoms with Crippen LogP contribution in [0.3, 0.4) is 0 Å². The first-order valence-electron chi connectivity index (χ1n) is 5.97. The van der Waals surface area contributed by atoms with Crippen LogP contribution < -0.4 is 16.0 Å². The van der Waals surface area contributed by atoms with E-state index in [0.29, 0.717) is 26.4 Å². The van der Waals surface area contributed by atoms with Crippen LogP contribution in [0.25, 0.3) is 0 Å².